The highest BCUT2D eigenvalue weighted by Gasteiger charge is 2.09. The Morgan fingerprint density at radius 1 is 1.05 bits per heavy atom. The number of methoxy groups -OCH3 is 1. The average molecular weight is 271 g/mol. The minimum atomic E-state index is 0.321. The molecule has 0 fully saturated rings. The second-order valence-corrected chi connectivity index (χ2v) is 4.91. The van der Waals surface area contributed by atoms with Gasteiger partial charge >= 0.3 is 0 Å². The molecule has 2 N–H and O–H groups in total. The zero-order chi connectivity index (χ0) is 14.4. The van der Waals surface area contributed by atoms with E-state index in [1.807, 2.05) is 37.4 Å². The molecule has 0 aliphatic rings. The highest BCUT2D eigenvalue weighted by molar-refractivity contribution is 5.30. The van der Waals surface area contributed by atoms with Gasteiger partial charge in [0.15, 0.2) is 0 Å². The lowest BCUT2D eigenvalue weighted by Gasteiger charge is -2.16. The van der Waals surface area contributed by atoms with Crippen molar-refractivity contribution >= 4 is 0 Å². The van der Waals surface area contributed by atoms with Crippen LogP contribution in [0.3, 0.4) is 0 Å². The molecule has 0 saturated carbocycles. The molecule has 0 aliphatic carbocycles. The summed E-state index contributed by atoms with van der Waals surface area (Å²) >= 11 is 0. The molecule has 1 atom stereocenters. The van der Waals surface area contributed by atoms with E-state index in [2.05, 4.69) is 17.4 Å². The number of nitrogens with one attached hydrogen (secondary N) is 1. The minimum Gasteiger partial charge on any atom is -0.508 e. The van der Waals surface area contributed by atoms with Crippen molar-refractivity contribution < 1.29 is 9.84 Å². The number of rotatable bonds is 6. The Balaban J connectivity index is 2.01. The second-order valence-electron chi connectivity index (χ2n) is 4.91. The number of benzene rings is 2. The summed E-state index contributed by atoms with van der Waals surface area (Å²) in [5.74, 6) is 1.20. The fourth-order valence-corrected chi connectivity index (χ4v) is 2.29. The van der Waals surface area contributed by atoms with E-state index in [0.29, 0.717) is 11.8 Å². The second kappa shape index (κ2) is 6.96. The molecule has 0 bridgehead atoms. The van der Waals surface area contributed by atoms with Crippen LogP contribution < -0.4 is 10.1 Å². The molecule has 0 spiro atoms. The lowest BCUT2D eigenvalue weighted by molar-refractivity contribution is 0.414. The van der Waals surface area contributed by atoms with Crippen molar-refractivity contribution in [2.75, 3.05) is 14.2 Å². The van der Waals surface area contributed by atoms with Gasteiger partial charge in [0.1, 0.15) is 11.5 Å². The van der Waals surface area contributed by atoms with Crippen LogP contribution in [0.1, 0.15) is 11.1 Å². The van der Waals surface area contributed by atoms with Crippen LogP contribution in [0.25, 0.3) is 0 Å². The van der Waals surface area contributed by atoms with Crippen LogP contribution in [-0.2, 0) is 12.8 Å². The minimum absolute atomic E-state index is 0.321. The number of phenols is 1. The Kier molecular flexibility index (Phi) is 5.02. The monoisotopic (exact) mass is 271 g/mol. The van der Waals surface area contributed by atoms with Crippen molar-refractivity contribution in [1.29, 1.82) is 0 Å². The zero-order valence-corrected chi connectivity index (χ0v) is 12.0. The summed E-state index contributed by atoms with van der Waals surface area (Å²) in [5, 5.41) is 12.8. The van der Waals surface area contributed by atoms with Gasteiger partial charge in [-0.2, -0.15) is 0 Å². The summed E-state index contributed by atoms with van der Waals surface area (Å²) in [5.41, 5.74) is 2.41. The summed E-state index contributed by atoms with van der Waals surface area (Å²) in [6, 6.07) is 15.9. The van der Waals surface area contributed by atoms with Gasteiger partial charge in [-0.1, -0.05) is 24.3 Å². The van der Waals surface area contributed by atoms with Gasteiger partial charge in [0.05, 0.1) is 7.11 Å². The predicted molar refractivity (Wildman–Crippen MR) is 81.4 cm³/mol. The molecule has 106 valence electrons. The molecule has 1 unspecified atom stereocenters. The molecule has 0 aromatic heterocycles. The van der Waals surface area contributed by atoms with Crippen molar-refractivity contribution in [2.45, 2.75) is 18.9 Å². The molecule has 0 aliphatic heterocycles. The Morgan fingerprint density at radius 2 is 1.75 bits per heavy atom. The van der Waals surface area contributed by atoms with Gasteiger partial charge in [-0.3, -0.25) is 0 Å². The zero-order valence-electron chi connectivity index (χ0n) is 12.0. The van der Waals surface area contributed by atoms with Crippen molar-refractivity contribution in [3.63, 3.8) is 0 Å². The SMILES string of the molecule is CNC(Cc1ccc(OC)cc1)Cc1cccc(O)c1. The summed E-state index contributed by atoms with van der Waals surface area (Å²) in [7, 11) is 3.64. The van der Waals surface area contributed by atoms with Gasteiger partial charge in [0.2, 0.25) is 0 Å². The number of hydrogen-bond donors (Lipinski definition) is 2. The topological polar surface area (TPSA) is 41.5 Å². The quantitative estimate of drug-likeness (QED) is 0.849. The van der Waals surface area contributed by atoms with E-state index in [-0.39, 0.29) is 0 Å². The van der Waals surface area contributed by atoms with Crippen molar-refractivity contribution in [3.8, 4) is 11.5 Å². The maximum atomic E-state index is 9.51. The van der Waals surface area contributed by atoms with Crippen LogP contribution in [0.5, 0.6) is 11.5 Å². The maximum absolute atomic E-state index is 9.51. The third kappa shape index (κ3) is 4.00. The molecule has 2 aromatic rings. The van der Waals surface area contributed by atoms with E-state index < -0.39 is 0 Å². The lowest BCUT2D eigenvalue weighted by Crippen LogP contribution is -2.29. The van der Waals surface area contributed by atoms with E-state index in [1.54, 1.807) is 13.2 Å². The number of hydrogen-bond acceptors (Lipinski definition) is 3. The first-order valence-corrected chi connectivity index (χ1v) is 6.79. The normalized spacial score (nSPS) is 12.1. The Morgan fingerprint density at radius 3 is 2.35 bits per heavy atom. The summed E-state index contributed by atoms with van der Waals surface area (Å²) in [6.07, 6.45) is 1.83. The molecular weight excluding hydrogens is 250 g/mol. The van der Waals surface area contributed by atoms with E-state index in [4.69, 9.17) is 4.74 Å². The molecule has 0 saturated heterocycles. The Hall–Kier alpha value is -2.00. The molecule has 0 amide bonds. The van der Waals surface area contributed by atoms with Gasteiger partial charge in [-0.25, -0.2) is 0 Å². The molecule has 3 nitrogen and oxygen atoms in total. The van der Waals surface area contributed by atoms with Crippen molar-refractivity contribution in [2.24, 2.45) is 0 Å². The van der Waals surface area contributed by atoms with E-state index in [1.165, 1.54) is 5.56 Å². The molecule has 0 heterocycles. The maximum Gasteiger partial charge on any atom is 0.118 e. The van der Waals surface area contributed by atoms with Gasteiger partial charge < -0.3 is 15.2 Å². The van der Waals surface area contributed by atoms with Crippen LogP contribution in [0.15, 0.2) is 48.5 Å². The van der Waals surface area contributed by atoms with Crippen LogP contribution in [-0.4, -0.2) is 25.3 Å². The van der Waals surface area contributed by atoms with Crippen molar-refractivity contribution in [3.05, 3.63) is 59.7 Å². The first-order chi connectivity index (χ1) is 9.71. The number of aromatic hydroxyl groups is 1. The third-order valence-electron chi connectivity index (χ3n) is 3.44. The fourth-order valence-electron chi connectivity index (χ4n) is 2.29. The first-order valence-electron chi connectivity index (χ1n) is 6.79. The molecule has 2 rings (SSSR count). The van der Waals surface area contributed by atoms with E-state index in [9.17, 15) is 5.11 Å². The molecule has 0 radical (unpaired) electrons. The van der Waals surface area contributed by atoms with Crippen LogP contribution >= 0.6 is 0 Å². The van der Waals surface area contributed by atoms with Gasteiger partial charge in [-0.05, 0) is 55.3 Å². The van der Waals surface area contributed by atoms with Crippen LogP contribution in [0.2, 0.25) is 0 Å². The van der Waals surface area contributed by atoms with Crippen LogP contribution in [0, 0.1) is 0 Å². The average Bonchev–Trinajstić information content (AvgIpc) is 2.47. The lowest BCUT2D eigenvalue weighted by atomic mass is 9.99. The first kappa shape index (κ1) is 14.4. The summed E-state index contributed by atoms with van der Waals surface area (Å²) in [6.45, 7) is 0. The standard InChI is InChI=1S/C17H21NO2/c1-18-15(11-14-4-3-5-16(19)12-14)10-13-6-8-17(20-2)9-7-13/h3-9,12,15,18-19H,10-11H2,1-2H3. The van der Waals surface area contributed by atoms with Crippen LogP contribution in [0.4, 0.5) is 0 Å². The predicted octanol–water partition coefficient (Wildman–Crippen LogP) is 2.77. The molecule has 2 aromatic carbocycles. The molecule has 3 heteroatoms. The third-order valence-corrected chi connectivity index (χ3v) is 3.44. The number of ether oxygens (including phenoxy) is 1. The highest BCUT2D eigenvalue weighted by Crippen LogP contribution is 2.16. The van der Waals surface area contributed by atoms with Gasteiger partial charge in [0, 0.05) is 6.04 Å². The molecule has 20 heavy (non-hydrogen) atoms. The van der Waals surface area contributed by atoms with Gasteiger partial charge in [-0.15, -0.1) is 0 Å². The van der Waals surface area contributed by atoms with E-state index >= 15 is 0 Å². The largest absolute Gasteiger partial charge is 0.508 e. The van der Waals surface area contributed by atoms with E-state index in [0.717, 1.165) is 24.2 Å². The summed E-state index contributed by atoms with van der Waals surface area (Å²) in [4.78, 5) is 0. The Bertz CT molecular complexity index is 537. The molecular formula is C17H21NO2. The van der Waals surface area contributed by atoms with Crippen molar-refractivity contribution in [1.82, 2.24) is 5.32 Å². The smallest absolute Gasteiger partial charge is 0.118 e. The number of likely N-dealkylation sites (N-methyl/N-ethyl adjacent to an activating group) is 1. The Labute approximate surface area is 120 Å². The summed E-state index contributed by atoms with van der Waals surface area (Å²) < 4.78 is 5.17. The fraction of sp³-hybridized carbons (Fsp3) is 0.294. The highest BCUT2D eigenvalue weighted by atomic mass is 16.5. The van der Waals surface area contributed by atoms with Gasteiger partial charge in [0.25, 0.3) is 0 Å². The number of phenolic OH excluding ortho intramolecular Hbond substituents is 1.